The Balaban J connectivity index is 2.52. The van der Waals surface area contributed by atoms with Gasteiger partial charge in [0.05, 0.1) is 5.56 Å². The first kappa shape index (κ1) is 14.1. The molecule has 0 unspecified atom stereocenters. The van der Waals surface area contributed by atoms with Crippen LogP contribution in [0.1, 0.15) is 27.2 Å². The molecule has 0 radical (unpaired) electrons. The van der Waals surface area contributed by atoms with Gasteiger partial charge < -0.3 is 0 Å². The van der Waals surface area contributed by atoms with E-state index in [2.05, 4.69) is 5.10 Å². The molecule has 0 aliphatic rings. The minimum absolute atomic E-state index is 0.146. The third kappa shape index (κ3) is 2.38. The first-order chi connectivity index (χ1) is 9.21. The summed E-state index contributed by atoms with van der Waals surface area (Å²) in [5.41, 5.74) is -1.48. The minimum atomic E-state index is -4.53. The molecule has 1 N–H and O–H groups in total. The molecule has 20 heavy (non-hydrogen) atoms. The number of aryl methyl sites for hydroxylation is 2. The lowest BCUT2D eigenvalue weighted by Crippen LogP contribution is -2.20. The number of aromatic amines is 1. The summed E-state index contributed by atoms with van der Waals surface area (Å²) in [5.74, 6) is -0.726. The van der Waals surface area contributed by atoms with Gasteiger partial charge in [-0.15, -0.1) is 0 Å². The first-order valence-corrected chi connectivity index (χ1v) is 5.69. The highest BCUT2D eigenvalue weighted by molar-refractivity contribution is 6.09. The molecule has 2 aromatic rings. The quantitative estimate of drug-likeness (QED) is 0.860. The fourth-order valence-electron chi connectivity index (χ4n) is 1.93. The van der Waals surface area contributed by atoms with Gasteiger partial charge >= 0.3 is 6.18 Å². The monoisotopic (exact) mass is 284 g/mol. The van der Waals surface area contributed by atoms with Crippen LogP contribution in [0.4, 0.5) is 13.2 Å². The molecule has 0 atom stereocenters. The van der Waals surface area contributed by atoms with Crippen LogP contribution in [0.3, 0.4) is 0 Å². The van der Waals surface area contributed by atoms with E-state index in [0.29, 0.717) is 5.69 Å². The van der Waals surface area contributed by atoms with E-state index >= 15 is 0 Å². The van der Waals surface area contributed by atoms with Crippen LogP contribution >= 0.6 is 0 Å². The Hall–Kier alpha value is -2.31. The minimum Gasteiger partial charge on any atom is -0.299 e. The van der Waals surface area contributed by atoms with Gasteiger partial charge in [-0.3, -0.25) is 19.4 Å². The fourth-order valence-corrected chi connectivity index (χ4v) is 1.93. The van der Waals surface area contributed by atoms with Crippen LogP contribution in [0.2, 0.25) is 0 Å². The summed E-state index contributed by atoms with van der Waals surface area (Å²) in [7, 11) is 1.43. The predicted octanol–water partition coefficient (Wildman–Crippen LogP) is 2.27. The number of aromatic nitrogens is 2. The smallest absolute Gasteiger partial charge is 0.299 e. The molecule has 0 aliphatic carbocycles. The van der Waals surface area contributed by atoms with Crippen molar-refractivity contribution in [2.24, 2.45) is 7.05 Å². The molecule has 106 valence electrons. The van der Waals surface area contributed by atoms with Crippen molar-refractivity contribution in [1.82, 2.24) is 9.78 Å². The normalized spacial score (nSPS) is 11.7. The van der Waals surface area contributed by atoms with E-state index in [0.717, 1.165) is 22.9 Å². The van der Waals surface area contributed by atoms with Gasteiger partial charge in [0, 0.05) is 18.3 Å². The Morgan fingerprint density at radius 2 is 1.95 bits per heavy atom. The summed E-state index contributed by atoms with van der Waals surface area (Å²) < 4.78 is 38.9. The van der Waals surface area contributed by atoms with Gasteiger partial charge in [-0.05, 0) is 19.1 Å². The number of ketones is 1. The molecule has 1 aromatic heterocycles. The van der Waals surface area contributed by atoms with Crippen LogP contribution in [0.5, 0.6) is 0 Å². The molecule has 0 bridgehead atoms. The van der Waals surface area contributed by atoms with Gasteiger partial charge in [0.2, 0.25) is 0 Å². The molecule has 0 saturated carbocycles. The number of rotatable bonds is 2. The van der Waals surface area contributed by atoms with Crippen molar-refractivity contribution in [3.8, 4) is 0 Å². The topological polar surface area (TPSA) is 54.9 Å². The Labute approximate surface area is 111 Å². The van der Waals surface area contributed by atoms with Crippen molar-refractivity contribution in [2.75, 3.05) is 0 Å². The Kier molecular flexibility index (Phi) is 3.29. The van der Waals surface area contributed by atoms with Crippen molar-refractivity contribution >= 4 is 5.78 Å². The second-order valence-electron chi connectivity index (χ2n) is 4.38. The third-order valence-electron chi connectivity index (χ3n) is 2.91. The van der Waals surface area contributed by atoms with Crippen molar-refractivity contribution in [3.63, 3.8) is 0 Å². The highest BCUT2D eigenvalue weighted by Gasteiger charge is 2.31. The summed E-state index contributed by atoms with van der Waals surface area (Å²) in [5, 5.41) is 2.63. The molecule has 7 heteroatoms. The van der Waals surface area contributed by atoms with Crippen molar-refractivity contribution < 1.29 is 18.0 Å². The molecule has 2 rings (SSSR count). The molecular weight excluding hydrogens is 273 g/mol. The van der Waals surface area contributed by atoms with Crippen molar-refractivity contribution in [1.29, 1.82) is 0 Å². The van der Waals surface area contributed by atoms with Crippen LogP contribution in [-0.4, -0.2) is 15.6 Å². The van der Waals surface area contributed by atoms with Gasteiger partial charge in [0.1, 0.15) is 5.56 Å². The highest BCUT2D eigenvalue weighted by atomic mass is 19.4. The van der Waals surface area contributed by atoms with Crippen LogP contribution < -0.4 is 5.56 Å². The second kappa shape index (κ2) is 4.66. The van der Waals surface area contributed by atoms with Gasteiger partial charge in [-0.25, -0.2) is 0 Å². The SMILES string of the molecule is Cc1[nH]n(C)c(=O)c1C(=O)c1cccc(C(F)(F)F)c1. The van der Waals surface area contributed by atoms with E-state index in [1.165, 1.54) is 20.0 Å². The lowest BCUT2D eigenvalue weighted by molar-refractivity contribution is -0.137. The van der Waals surface area contributed by atoms with E-state index in [1.807, 2.05) is 0 Å². The number of nitrogens with zero attached hydrogens (tertiary/aromatic N) is 1. The average molecular weight is 284 g/mol. The number of alkyl halides is 3. The number of carbonyl (C=O) groups excluding carboxylic acids is 1. The molecule has 0 fully saturated rings. The first-order valence-electron chi connectivity index (χ1n) is 5.69. The zero-order valence-electron chi connectivity index (χ0n) is 10.7. The predicted molar refractivity (Wildman–Crippen MR) is 65.6 cm³/mol. The van der Waals surface area contributed by atoms with Crippen LogP contribution in [0.15, 0.2) is 29.1 Å². The molecule has 1 aromatic carbocycles. The van der Waals surface area contributed by atoms with E-state index < -0.39 is 23.1 Å². The van der Waals surface area contributed by atoms with Crippen molar-refractivity contribution in [3.05, 3.63) is 57.0 Å². The number of benzene rings is 1. The molecule has 0 amide bonds. The van der Waals surface area contributed by atoms with Crippen molar-refractivity contribution in [2.45, 2.75) is 13.1 Å². The van der Waals surface area contributed by atoms with Gasteiger partial charge in [0.15, 0.2) is 5.78 Å². The summed E-state index contributed by atoms with van der Waals surface area (Å²) >= 11 is 0. The number of carbonyl (C=O) groups is 1. The summed E-state index contributed by atoms with van der Waals surface area (Å²) in [6.45, 7) is 1.52. The second-order valence-corrected chi connectivity index (χ2v) is 4.38. The van der Waals surface area contributed by atoms with Crippen LogP contribution in [0, 0.1) is 6.92 Å². The summed E-state index contributed by atoms with van der Waals surface area (Å²) in [6.07, 6.45) is -4.53. The van der Waals surface area contributed by atoms with Crippen LogP contribution in [0.25, 0.3) is 0 Å². The molecular formula is C13H11F3N2O2. The average Bonchev–Trinajstić information content (AvgIpc) is 2.62. The lowest BCUT2D eigenvalue weighted by atomic mass is 10.0. The standard InChI is InChI=1S/C13H11F3N2O2/c1-7-10(12(20)18(2)17-7)11(19)8-4-3-5-9(6-8)13(14,15)16/h3-6,17H,1-2H3. The Morgan fingerprint density at radius 1 is 1.30 bits per heavy atom. The number of hydrogen-bond donors (Lipinski definition) is 1. The molecule has 4 nitrogen and oxygen atoms in total. The van der Waals surface area contributed by atoms with Gasteiger partial charge in [-0.2, -0.15) is 13.2 Å². The molecule has 0 spiro atoms. The summed E-state index contributed by atoms with van der Waals surface area (Å²) in [4.78, 5) is 24.0. The lowest BCUT2D eigenvalue weighted by Gasteiger charge is -2.07. The maximum atomic E-state index is 12.6. The number of H-pyrrole nitrogens is 1. The number of nitrogens with one attached hydrogen (secondary N) is 1. The zero-order chi connectivity index (χ0) is 15.1. The van der Waals surface area contributed by atoms with E-state index in [-0.39, 0.29) is 11.1 Å². The molecule has 0 saturated heterocycles. The van der Waals surface area contributed by atoms with Crippen LogP contribution in [-0.2, 0) is 13.2 Å². The number of hydrogen-bond acceptors (Lipinski definition) is 2. The largest absolute Gasteiger partial charge is 0.416 e. The highest BCUT2D eigenvalue weighted by Crippen LogP contribution is 2.29. The van der Waals surface area contributed by atoms with Gasteiger partial charge in [-0.1, -0.05) is 12.1 Å². The van der Waals surface area contributed by atoms with E-state index in [9.17, 15) is 22.8 Å². The Bertz CT molecular complexity index is 726. The van der Waals surface area contributed by atoms with E-state index in [1.54, 1.807) is 0 Å². The maximum absolute atomic E-state index is 12.6. The summed E-state index contributed by atoms with van der Waals surface area (Å²) in [6, 6.07) is 4.01. The Morgan fingerprint density at radius 3 is 2.45 bits per heavy atom. The molecule has 0 aliphatic heterocycles. The van der Waals surface area contributed by atoms with E-state index in [4.69, 9.17) is 0 Å². The fraction of sp³-hybridized carbons (Fsp3) is 0.231. The number of halogens is 3. The third-order valence-corrected chi connectivity index (χ3v) is 2.91. The zero-order valence-corrected chi connectivity index (χ0v) is 10.7. The van der Waals surface area contributed by atoms with Gasteiger partial charge in [0.25, 0.3) is 5.56 Å². The maximum Gasteiger partial charge on any atom is 0.416 e. The molecule has 1 heterocycles.